The van der Waals surface area contributed by atoms with E-state index in [1.165, 1.54) is 0 Å². The Labute approximate surface area is 93.0 Å². The average Bonchev–Trinajstić information content (AvgIpc) is 2.23. The van der Waals surface area contributed by atoms with Crippen LogP contribution in [0.5, 0.6) is 0 Å². The van der Waals surface area contributed by atoms with Gasteiger partial charge in [-0.3, -0.25) is 4.79 Å². The molecule has 0 aliphatic rings. The predicted octanol–water partition coefficient (Wildman–Crippen LogP) is 3.34. The van der Waals surface area contributed by atoms with Crippen LogP contribution in [0, 0.1) is 11.8 Å². The Morgan fingerprint density at radius 1 is 1.33 bits per heavy atom. The third-order valence-corrected chi connectivity index (χ3v) is 2.10. The average molecular weight is 210 g/mol. The van der Waals surface area contributed by atoms with Crippen LogP contribution in [0.3, 0.4) is 0 Å². The summed E-state index contributed by atoms with van der Waals surface area (Å²) in [6.07, 6.45) is 7.58. The van der Waals surface area contributed by atoms with Gasteiger partial charge in [0.15, 0.2) is 0 Å². The number of rotatable bonds is 7. The lowest BCUT2D eigenvalue weighted by Gasteiger charge is -2.08. The van der Waals surface area contributed by atoms with E-state index in [1.54, 1.807) is 6.92 Å². The highest BCUT2D eigenvalue weighted by molar-refractivity contribution is 5.68. The molecular weight excluding hydrogens is 188 g/mol. The van der Waals surface area contributed by atoms with Gasteiger partial charge in [-0.15, -0.1) is 6.58 Å². The van der Waals surface area contributed by atoms with Crippen LogP contribution in [0.2, 0.25) is 0 Å². The van der Waals surface area contributed by atoms with Crippen molar-refractivity contribution in [3.63, 3.8) is 0 Å². The summed E-state index contributed by atoms with van der Waals surface area (Å²) in [5, 5.41) is 0. The highest BCUT2D eigenvalue weighted by Gasteiger charge is 2.02. The van der Waals surface area contributed by atoms with Crippen molar-refractivity contribution in [1.82, 2.24) is 0 Å². The van der Waals surface area contributed by atoms with Crippen molar-refractivity contribution in [3.8, 4) is 0 Å². The van der Waals surface area contributed by atoms with E-state index in [2.05, 4.69) is 25.7 Å². The van der Waals surface area contributed by atoms with Crippen LogP contribution in [0.4, 0.5) is 0 Å². The van der Waals surface area contributed by atoms with Gasteiger partial charge >= 0.3 is 5.97 Å². The van der Waals surface area contributed by atoms with E-state index >= 15 is 0 Å². The summed E-state index contributed by atoms with van der Waals surface area (Å²) >= 11 is 0. The molecular formula is C13H22O2. The van der Waals surface area contributed by atoms with Crippen LogP contribution in [0.1, 0.15) is 33.6 Å². The maximum Gasteiger partial charge on any atom is 0.305 e. The summed E-state index contributed by atoms with van der Waals surface area (Å²) in [6, 6.07) is 0. The molecule has 0 N–H and O–H groups in total. The normalized spacial score (nSPS) is 14.9. The maximum atomic E-state index is 10.9. The van der Waals surface area contributed by atoms with E-state index in [-0.39, 0.29) is 11.9 Å². The molecule has 0 aromatic carbocycles. The molecule has 0 saturated heterocycles. The second kappa shape index (κ2) is 8.27. The number of ether oxygens (including phenoxy) is 1. The summed E-state index contributed by atoms with van der Waals surface area (Å²) < 4.78 is 5.03. The lowest BCUT2D eigenvalue weighted by molar-refractivity contribution is -0.144. The summed E-state index contributed by atoms with van der Waals surface area (Å²) in [5.41, 5.74) is 0. The first-order chi connectivity index (χ1) is 7.10. The van der Waals surface area contributed by atoms with Crippen LogP contribution in [-0.4, -0.2) is 12.6 Å². The molecule has 0 heterocycles. The van der Waals surface area contributed by atoms with Gasteiger partial charge in [-0.25, -0.2) is 0 Å². The van der Waals surface area contributed by atoms with Gasteiger partial charge in [0.2, 0.25) is 0 Å². The zero-order valence-electron chi connectivity index (χ0n) is 10.0. The van der Waals surface area contributed by atoms with Crippen LogP contribution in [0.15, 0.2) is 24.8 Å². The van der Waals surface area contributed by atoms with Gasteiger partial charge in [-0.05, 0) is 12.3 Å². The smallest absolute Gasteiger partial charge is 0.305 e. The van der Waals surface area contributed by atoms with Gasteiger partial charge in [0.05, 0.1) is 6.61 Å². The van der Waals surface area contributed by atoms with Crippen molar-refractivity contribution >= 4 is 5.97 Å². The molecule has 2 unspecified atom stereocenters. The van der Waals surface area contributed by atoms with Gasteiger partial charge in [-0.1, -0.05) is 39.0 Å². The minimum absolute atomic E-state index is 0.130. The van der Waals surface area contributed by atoms with Gasteiger partial charge in [0.25, 0.3) is 0 Å². The Morgan fingerprint density at radius 3 is 2.47 bits per heavy atom. The standard InChI is InChI=1S/C13H22O2/c1-5-7-11(3)8-9-12(4)10-15-13(14)6-2/h5,8-9,11-12H,1,6-7,10H2,2-4H3/b9-8+. The topological polar surface area (TPSA) is 26.3 Å². The van der Waals surface area contributed by atoms with Gasteiger partial charge in [-0.2, -0.15) is 0 Å². The Bertz CT molecular complexity index is 219. The molecule has 2 atom stereocenters. The molecule has 86 valence electrons. The fourth-order valence-electron chi connectivity index (χ4n) is 1.10. The molecule has 0 amide bonds. The zero-order chi connectivity index (χ0) is 11.7. The molecule has 0 spiro atoms. The SMILES string of the molecule is C=CCC(C)/C=C/C(C)COC(=O)CC. The molecule has 0 aliphatic carbocycles. The molecule has 0 aromatic heterocycles. The first-order valence-corrected chi connectivity index (χ1v) is 5.55. The molecule has 0 aliphatic heterocycles. The third kappa shape index (κ3) is 7.98. The second-order valence-electron chi connectivity index (χ2n) is 3.90. The van der Waals surface area contributed by atoms with Gasteiger partial charge < -0.3 is 4.74 Å². The summed E-state index contributed by atoms with van der Waals surface area (Å²) in [7, 11) is 0. The first kappa shape index (κ1) is 13.9. The Kier molecular flexibility index (Phi) is 7.69. The van der Waals surface area contributed by atoms with E-state index in [0.717, 1.165) is 6.42 Å². The molecule has 0 bridgehead atoms. The first-order valence-electron chi connectivity index (χ1n) is 5.55. The lowest BCUT2D eigenvalue weighted by atomic mass is 10.0. The fourth-order valence-corrected chi connectivity index (χ4v) is 1.10. The number of hydrogen-bond donors (Lipinski definition) is 0. The van der Waals surface area contributed by atoms with Crippen LogP contribution in [-0.2, 0) is 9.53 Å². The van der Waals surface area contributed by atoms with Crippen LogP contribution in [0.25, 0.3) is 0 Å². The molecule has 0 aromatic rings. The Balaban J connectivity index is 3.76. The number of hydrogen-bond acceptors (Lipinski definition) is 2. The molecule has 15 heavy (non-hydrogen) atoms. The molecule has 2 heteroatoms. The predicted molar refractivity (Wildman–Crippen MR) is 63.5 cm³/mol. The molecule has 0 saturated carbocycles. The molecule has 2 nitrogen and oxygen atoms in total. The van der Waals surface area contributed by atoms with Gasteiger partial charge in [0.1, 0.15) is 0 Å². The van der Waals surface area contributed by atoms with E-state index in [4.69, 9.17) is 4.74 Å². The van der Waals surface area contributed by atoms with Crippen LogP contribution < -0.4 is 0 Å². The van der Waals surface area contributed by atoms with E-state index in [9.17, 15) is 4.79 Å². The van der Waals surface area contributed by atoms with E-state index in [1.807, 2.05) is 13.0 Å². The van der Waals surface area contributed by atoms with Crippen molar-refractivity contribution in [1.29, 1.82) is 0 Å². The highest BCUT2D eigenvalue weighted by Crippen LogP contribution is 2.07. The van der Waals surface area contributed by atoms with Crippen molar-refractivity contribution in [3.05, 3.63) is 24.8 Å². The van der Waals surface area contributed by atoms with Crippen molar-refractivity contribution in [2.75, 3.05) is 6.61 Å². The second-order valence-corrected chi connectivity index (χ2v) is 3.90. The third-order valence-electron chi connectivity index (χ3n) is 2.10. The summed E-state index contributed by atoms with van der Waals surface area (Å²) in [4.78, 5) is 10.9. The minimum Gasteiger partial charge on any atom is -0.465 e. The number of allylic oxidation sites excluding steroid dienone is 2. The Morgan fingerprint density at radius 2 is 1.93 bits per heavy atom. The van der Waals surface area contributed by atoms with Crippen molar-refractivity contribution in [2.24, 2.45) is 11.8 Å². The summed E-state index contributed by atoms with van der Waals surface area (Å²) in [5.74, 6) is 0.661. The van der Waals surface area contributed by atoms with Crippen molar-refractivity contribution in [2.45, 2.75) is 33.6 Å². The zero-order valence-corrected chi connectivity index (χ0v) is 10.0. The number of carbonyl (C=O) groups excluding carboxylic acids is 1. The van der Waals surface area contributed by atoms with Gasteiger partial charge in [0, 0.05) is 12.3 Å². The lowest BCUT2D eigenvalue weighted by Crippen LogP contribution is -2.09. The molecule has 0 fully saturated rings. The number of carbonyl (C=O) groups is 1. The Hall–Kier alpha value is -1.05. The van der Waals surface area contributed by atoms with Crippen LogP contribution >= 0.6 is 0 Å². The number of esters is 1. The molecule has 0 rings (SSSR count). The highest BCUT2D eigenvalue weighted by atomic mass is 16.5. The quantitative estimate of drug-likeness (QED) is 0.476. The van der Waals surface area contributed by atoms with E-state index in [0.29, 0.717) is 18.9 Å². The summed E-state index contributed by atoms with van der Waals surface area (Å²) in [6.45, 7) is 10.2. The van der Waals surface area contributed by atoms with E-state index < -0.39 is 0 Å². The van der Waals surface area contributed by atoms with Crippen molar-refractivity contribution < 1.29 is 9.53 Å². The fraction of sp³-hybridized carbons (Fsp3) is 0.615. The largest absolute Gasteiger partial charge is 0.465 e. The molecule has 0 radical (unpaired) electrons. The minimum atomic E-state index is -0.130. The monoisotopic (exact) mass is 210 g/mol. The maximum absolute atomic E-state index is 10.9.